The van der Waals surface area contributed by atoms with E-state index >= 15 is 0 Å². The fourth-order valence-corrected chi connectivity index (χ4v) is 3.80. The predicted molar refractivity (Wildman–Crippen MR) is 73.7 cm³/mol. The molecule has 0 aliphatic heterocycles. The molecule has 10 heteroatoms. The highest BCUT2D eigenvalue weighted by atomic mass is 79.9. The Labute approximate surface area is 132 Å². The van der Waals surface area contributed by atoms with Gasteiger partial charge in [-0.05, 0) is 40.3 Å². The number of rotatable bonds is 4. The maximum Gasteiger partial charge on any atom is 0.516 e. The summed E-state index contributed by atoms with van der Waals surface area (Å²) in [5, 5.41) is 0. The van der Waals surface area contributed by atoms with Crippen LogP contribution in [0.1, 0.15) is 19.8 Å². The number of sulfonamides is 1. The van der Waals surface area contributed by atoms with Gasteiger partial charge in [-0.3, -0.25) is 4.31 Å². The van der Waals surface area contributed by atoms with Crippen LogP contribution in [0.15, 0.2) is 16.6 Å². The Morgan fingerprint density at radius 1 is 1.27 bits per heavy atom. The first kappa shape index (κ1) is 17.5. The van der Waals surface area contributed by atoms with Crippen molar-refractivity contribution in [1.82, 2.24) is 0 Å². The van der Waals surface area contributed by atoms with E-state index in [2.05, 4.69) is 15.9 Å². The second-order valence-electron chi connectivity index (χ2n) is 5.49. The van der Waals surface area contributed by atoms with Crippen molar-refractivity contribution in [2.75, 3.05) is 10.8 Å². The van der Waals surface area contributed by atoms with Crippen molar-refractivity contribution in [3.05, 3.63) is 28.2 Å². The van der Waals surface area contributed by atoms with E-state index in [1.165, 1.54) is 0 Å². The van der Waals surface area contributed by atoms with Crippen LogP contribution in [0, 0.1) is 17.0 Å². The van der Waals surface area contributed by atoms with Gasteiger partial charge >= 0.3 is 15.5 Å². The van der Waals surface area contributed by atoms with Gasteiger partial charge in [-0.15, -0.1) is 0 Å². The zero-order valence-corrected chi connectivity index (χ0v) is 13.6. The summed E-state index contributed by atoms with van der Waals surface area (Å²) in [6.45, 7) is 1.07. The Balaban J connectivity index is 2.60. The molecule has 0 unspecified atom stereocenters. The second-order valence-corrected chi connectivity index (χ2v) is 8.19. The highest BCUT2D eigenvalue weighted by Gasteiger charge is 2.54. The molecule has 1 saturated carbocycles. The maximum absolute atomic E-state index is 13.9. The van der Waals surface area contributed by atoms with Crippen LogP contribution in [0.4, 0.5) is 27.6 Å². The Kier molecular flexibility index (Phi) is 4.23. The van der Waals surface area contributed by atoms with Gasteiger partial charge in [0, 0.05) is 17.1 Å². The summed E-state index contributed by atoms with van der Waals surface area (Å²) < 4.78 is 88.7. The molecule has 0 saturated heterocycles. The highest BCUT2D eigenvalue weighted by molar-refractivity contribution is 9.10. The third-order valence-electron chi connectivity index (χ3n) is 3.44. The summed E-state index contributed by atoms with van der Waals surface area (Å²) in [6, 6.07) is 1.06. The van der Waals surface area contributed by atoms with Gasteiger partial charge in [0.25, 0.3) is 0 Å². The van der Waals surface area contributed by atoms with Crippen LogP contribution in [-0.4, -0.2) is 20.5 Å². The van der Waals surface area contributed by atoms with Gasteiger partial charge in [0.2, 0.25) is 0 Å². The van der Waals surface area contributed by atoms with Crippen LogP contribution in [-0.2, 0) is 10.0 Å². The Bertz CT molecular complexity index is 677. The third kappa shape index (κ3) is 3.22. The molecule has 1 aliphatic carbocycles. The predicted octanol–water partition coefficient (Wildman–Crippen LogP) is 4.18. The van der Waals surface area contributed by atoms with Crippen LogP contribution in [0.25, 0.3) is 0 Å². The molecular formula is C12H11BrF5NO2S. The van der Waals surface area contributed by atoms with E-state index in [1.54, 1.807) is 6.92 Å². The molecule has 0 amide bonds. The molecule has 1 fully saturated rings. The molecule has 3 nitrogen and oxygen atoms in total. The Hall–Kier alpha value is -0.900. The molecule has 0 atom stereocenters. The van der Waals surface area contributed by atoms with Crippen molar-refractivity contribution in [3.8, 4) is 0 Å². The van der Waals surface area contributed by atoms with Crippen LogP contribution in [0.5, 0.6) is 0 Å². The lowest BCUT2D eigenvalue weighted by Crippen LogP contribution is -2.44. The number of hydrogen-bond acceptors (Lipinski definition) is 2. The number of benzene rings is 1. The summed E-state index contributed by atoms with van der Waals surface area (Å²) in [5.74, 6) is -2.42. The van der Waals surface area contributed by atoms with Gasteiger partial charge < -0.3 is 0 Å². The molecule has 124 valence electrons. The molecule has 0 N–H and O–H groups in total. The molecule has 0 bridgehead atoms. The van der Waals surface area contributed by atoms with Crippen molar-refractivity contribution in [2.45, 2.75) is 25.3 Å². The van der Waals surface area contributed by atoms with Gasteiger partial charge in [-0.25, -0.2) is 8.78 Å². The normalized spacial score (nSPS) is 17.4. The number of nitrogens with zero attached hydrogens (tertiary/aromatic N) is 1. The summed E-state index contributed by atoms with van der Waals surface area (Å²) in [6.07, 6.45) is 1.05. The zero-order chi connectivity index (χ0) is 16.9. The first-order chi connectivity index (χ1) is 9.87. The summed E-state index contributed by atoms with van der Waals surface area (Å²) in [7, 11) is -5.80. The number of hydrogen-bond donors (Lipinski definition) is 0. The molecule has 0 radical (unpaired) electrons. The fourth-order valence-electron chi connectivity index (χ4n) is 1.90. The fraction of sp³-hybridized carbons (Fsp3) is 0.500. The summed E-state index contributed by atoms with van der Waals surface area (Å²) >= 11 is 2.73. The van der Waals surface area contributed by atoms with Crippen LogP contribution >= 0.6 is 15.9 Å². The standard InChI is InChI=1S/C12H11BrF5NO2S/c1-11(2-3-11)6-19(22(20,21)12(16,17)18)10-8(13)4-7(14)5-9(10)15/h4-5H,2-3,6H2,1H3. The lowest BCUT2D eigenvalue weighted by molar-refractivity contribution is -0.0439. The smallest absolute Gasteiger partial charge is 0.258 e. The van der Waals surface area contributed by atoms with Gasteiger partial charge in [0.1, 0.15) is 11.5 Å². The summed E-state index contributed by atoms with van der Waals surface area (Å²) in [5.41, 5.74) is -7.08. The molecule has 0 spiro atoms. The van der Waals surface area contributed by atoms with Crippen LogP contribution in [0.2, 0.25) is 0 Å². The summed E-state index contributed by atoms with van der Waals surface area (Å²) in [4.78, 5) is 0. The average molecular weight is 408 g/mol. The van der Waals surface area contributed by atoms with E-state index in [-0.39, 0.29) is 4.31 Å². The molecule has 2 rings (SSSR count). The second kappa shape index (κ2) is 5.33. The molecular weight excluding hydrogens is 397 g/mol. The lowest BCUT2D eigenvalue weighted by Gasteiger charge is -2.29. The van der Waals surface area contributed by atoms with Crippen molar-refractivity contribution >= 4 is 31.6 Å². The minimum atomic E-state index is -5.80. The first-order valence-corrected chi connectivity index (χ1v) is 8.34. The number of alkyl halides is 3. The Morgan fingerprint density at radius 3 is 2.23 bits per heavy atom. The van der Waals surface area contributed by atoms with Gasteiger partial charge in [0.15, 0.2) is 5.82 Å². The number of anilines is 1. The van der Waals surface area contributed by atoms with Crippen molar-refractivity contribution in [1.29, 1.82) is 0 Å². The van der Waals surface area contributed by atoms with Crippen molar-refractivity contribution in [3.63, 3.8) is 0 Å². The number of halogens is 6. The van der Waals surface area contributed by atoms with Crippen LogP contribution < -0.4 is 4.31 Å². The molecule has 1 aromatic carbocycles. The largest absolute Gasteiger partial charge is 0.516 e. The van der Waals surface area contributed by atoms with Crippen LogP contribution in [0.3, 0.4) is 0 Å². The minimum Gasteiger partial charge on any atom is -0.258 e. The SMILES string of the molecule is CC1(CN(c2c(F)cc(F)cc2Br)S(=O)(=O)C(F)(F)F)CC1. The zero-order valence-electron chi connectivity index (χ0n) is 11.2. The van der Waals surface area contributed by atoms with Gasteiger partial charge in [0.05, 0.1) is 0 Å². The van der Waals surface area contributed by atoms with Gasteiger partial charge in [-0.1, -0.05) is 6.92 Å². The van der Waals surface area contributed by atoms with E-state index in [0.29, 0.717) is 25.0 Å². The van der Waals surface area contributed by atoms with E-state index < -0.39 is 49.3 Å². The highest BCUT2D eigenvalue weighted by Crippen LogP contribution is 2.48. The van der Waals surface area contributed by atoms with Gasteiger partial charge in [-0.2, -0.15) is 21.6 Å². The van der Waals surface area contributed by atoms with Crippen molar-refractivity contribution in [2.24, 2.45) is 5.41 Å². The minimum absolute atomic E-state index is 0.0289. The van der Waals surface area contributed by atoms with E-state index in [1.807, 2.05) is 0 Å². The topological polar surface area (TPSA) is 37.4 Å². The first-order valence-electron chi connectivity index (χ1n) is 6.11. The van der Waals surface area contributed by atoms with E-state index in [4.69, 9.17) is 0 Å². The Morgan fingerprint density at radius 2 is 1.82 bits per heavy atom. The van der Waals surface area contributed by atoms with E-state index in [9.17, 15) is 30.4 Å². The maximum atomic E-state index is 13.9. The average Bonchev–Trinajstić information content (AvgIpc) is 3.03. The molecule has 1 aromatic rings. The quantitative estimate of drug-likeness (QED) is 0.702. The lowest BCUT2D eigenvalue weighted by atomic mass is 10.1. The molecule has 0 aromatic heterocycles. The monoisotopic (exact) mass is 407 g/mol. The van der Waals surface area contributed by atoms with E-state index in [0.717, 1.165) is 0 Å². The molecule has 22 heavy (non-hydrogen) atoms. The molecule has 0 heterocycles. The van der Waals surface area contributed by atoms with Crippen molar-refractivity contribution < 1.29 is 30.4 Å². The molecule has 1 aliphatic rings. The third-order valence-corrected chi connectivity index (χ3v) is 5.52.